The number of benzene rings is 1. The molecular formula is C14H16BrNOS. The van der Waals surface area contributed by atoms with Crippen molar-refractivity contribution in [2.75, 3.05) is 6.54 Å². The Balaban J connectivity index is 1.75. The molecule has 2 rings (SSSR count). The molecule has 1 heterocycles. The minimum absolute atomic E-state index is 0.142. The van der Waals surface area contributed by atoms with Gasteiger partial charge in [-0.3, -0.25) is 0 Å². The van der Waals surface area contributed by atoms with Crippen LogP contribution in [0.15, 0.2) is 46.3 Å². The second-order valence-corrected chi connectivity index (χ2v) is 5.96. The lowest BCUT2D eigenvalue weighted by atomic mass is 10.3. The minimum atomic E-state index is 0.142. The smallest absolute Gasteiger partial charge is 0.133 e. The number of hydrogen-bond acceptors (Lipinski definition) is 3. The van der Waals surface area contributed by atoms with Crippen LogP contribution in [0.25, 0.3) is 0 Å². The lowest BCUT2D eigenvalue weighted by Gasteiger charge is -2.16. The van der Waals surface area contributed by atoms with Crippen LogP contribution in [0.5, 0.6) is 5.75 Å². The van der Waals surface area contributed by atoms with Gasteiger partial charge in [0.05, 0.1) is 4.47 Å². The summed E-state index contributed by atoms with van der Waals surface area (Å²) in [6, 6.07) is 12.1. The Labute approximate surface area is 120 Å². The van der Waals surface area contributed by atoms with Gasteiger partial charge in [-0.2, -0.15) is 0 Å². The molecule has 1 atom stereocenters. The summed E-state index contributed by atoms with van der Waals surface area (Å²) in [5, 5.41) is 5.49. The zero-order chi connectivity index (χ0) is 12.8. The molecule has 0 amide bonds. The molecule has 0 saturated heterocycles. The van der Waals surface area contributed by atoms with Crippen molar-refractivity contribution in [2.24, 2.45) is 0 Å². The molecule has 0 radical (unpaired) electrons. The first-order valence-electron chi connectivity index (χ1n) is 5.90. The van der Waals surface area contributed by atoms with Crippen LogP contribution in [0.2, 0.25) is 0 Å². The molecule has 0 aliphatic carbocycles. The number of para-hydroxylation sites is 1. The van der Waals surface area contributed by atoms with Crippen molar-refractivity contribution in [1.29, 1.82) is 0 Å². The molecule has 0 bridgehead atoms. The lowest BCUT2D eigenvalue weighted by molar-refractivity contribution is 0.215. The number of rotatable bonds is 6. The van der Waals surface area contributed by atoms with E-state index in [1.54, 1.807) is 11.3 Å². The molecule has 1 unspecified atom stereocenters. The highest BCUT2D eigenvalue weighted by Gasteiger charge is 2.06. The average Bonchev–Trinajstić information content (AvgIpc) is 2.85. The maximum absolute atomic E-state index is 5.86. The highest BCUT2D eigenvalue weighted by molar-refractivity contribution is 9.10. The van der Waals surface area contributed by atoms with Crippen molar-refractivity contribution in [2.45, 2.75) is 19.6 Å². The van der Waals surface area contributed by atoms with Crippen molar-refractivity contribution in [3.63, 3.8) is 0 Å². The number of halogens is 1. The van der Waals surface area contributed by atoms with E-state index < -0.39 is 0 Å². The van der Waals surface area contributed by atoms with Gasteiger partial charge in [-0.1, -0.05) is 18.2 Å². The molecule has 1 aromatic carbocycles. The third-order valence-electron chi connectivity index (χ3n) is 2.48. The van der Waals surface area contributed by atoms with E-state index in [1.807, 2.05) is 24.3 Å². The number of hydrogen-bond donors (Lipinski definition) is 1. The highest BCUT2D eigenvalue weighted by Crippen LogP contribution is 2.24. The van der Waals surface area contributed by atoms with E-state index in [0.29, 0.717) is 0 Å². The second-order valence-electron chi connectivity index (χ2n) is 4.07. The summed E-state index contributed by atoms with van der Waals surface area (Å²) in [6.07, 6.45) is 0.142. The van der Waals surface area contributed by atoms with Gasteiger partial charge in [-0.25, -0.2) is 0 Å². The standard InChI is InChI=1S/C14H16BrNOS/c1-11(9-16-10-12-5-4-8-18-12)17-14-7-3-2-6-13(14)15/h2-8,11,16H,9-10H2,1H3. The normalized spacial score (nSPS) is 12.3. The van der Waals surface area contributed by atoms with Crippen molar-refractivity contribution in [1.82, 2.24) is 5.32 Å². The van der Waals surface area contributed by atoms with Gasteiger partial charge in [0.2, 0.25) is 0 Å². The molecule has 1 N–H and O–H groups in total. The van der Waals surface area contributed by atoms with E-state index in [4.69, 9.17) is 4.74 Å². The quantitative estimate of drug-likeness (QED) is 0.864. The van der Waals surface area contributed by atoms with Gasteiger partial charge in [-0.15, -0.1) is 11.3 Å². The van der Waals surface area contributed by atoms with Gasteiger partial charge < -0.3 is 10.1 Å². The molecule has 0 spiro atoms. The van der Waals surface area contributed by atoms with Gasteiger partial charge >= 0.3 is 0 Å². The van der Waals surface area contributed by atoms with Crippen LogP contribution < -0.4 is 10.1 Å². The molecule has 1 aromatic heterocycles. The Morgan fingerprint density at radius 2 is 2.11 bits per heavy atom. The van der Waals surface area contributed by atoms with Crippen molar-refractivity contribution < 1.29 is 4.74 Å². The monoisotopic (exact) mass is 325 g/mol. The first-order valence-corrected chi connectivity index (χ1v) is 7.57. The van der Waals surface area contributed by atoms with Crippen LogP contribution >= 0.6 is 27.3 Å². The molecule has 0 fully saturated rings. The van der Waals surface area contributed by atoms with Gasteiger partial charge in [-0.05, 0) is 46.4 Å². The highest BCUT2D eigenvalue weighted by atomic mass is 79.9. The van der Waals surface area contributed by atoms with E-state index in [0.717, 1.165) is 23.3 Å². The van der Waals surface area contributed by atoms with Gasteiger partial charge in [0.15, 0.2) is 0 Å². The van der Waals surface area contributed by atoms with E-state index >= 15 is 0 Å². The number of thiophene rings is 1. The Hall–Kier alpha value is -0.840. The fourth-order valence-electron chi connectivity index (χ4n) is 1.61. The number of ether oxygens (including phenoxy) is 1. The van der Waals surface area contributed by atoms with Gasteiger partial charge in [0.1, 0.15) is 11.9 Å². The Bertz CT molecular complexity index is 472. The minimum Gasteiger partial charge on any atom is -0.488 e. The maximum Gasteiger partial charge on any atom is 0.133 e. The van der Waals surface area contributed by atoms with Crippen LogP contribution in [0.1, 0.15) is 11.8 Å². The predicted molar refractivity (Wildman–Crippen MR) is 80.3 cm³/mol. The summed E-state index contributed by atoms with van der Waals surface area (Å²) in [4.78, 5) is 1.35. The largest absolute Gasteiger partial charge is 0.488 e. The molecule has 2 nitrogen and oxygen atoms in total. The van der Waals surface area contributed by atoms with Crippen LogP contribution in [0, 0.1) is 0 Å². The Morgan fingerprint density at radius 1 is 1.28 bits per heavy atom. The van der Waals surface area contributed by atoms with E-state index in [2.05, 4.69) is 45.7 Å². The van der Waals surface area contributed by atoms with Crippen molar-refractivity contribution in [3.05, 3.63) is 51.1 Å². The summed E-state index contributed by atoms with van der Waals surface area (Å²) < 4.78 is 6.85. The Morgan fingerprint density at radius 3 is 2.83 bits per heavy atom. The first-order chi connectivity index (χ1) is 8.75. The van der Waals surface area contributed by atoms with Crippen LogP contribution in [0.4, 0.5) is 0 Å². The summed E-state index contributed by atoms with van der Waals surface area (Å²) in [5.41, 5.74) is 0. The molecule has 0 aliphatic heterocycles. The summed E-state index contributed by atoms with van der Waals surface area (Å²) in [5.74, 6) is 0.892. The fraction of sp³-hybridized carbons (Fsp3) is 0.286. The molecule has 96 valence electrons. The van der Waals surface area contributed by atoms with Crippen molar-refractivity contribution >= 4 is 27.3 Å². The van der Waals surface area contributed by atoms with E-state index in [-0.39, 0.29) is 6.10 Å². The lowest BCUT2D eigenvalue weighted by Crippen LogP contribution is -2.28. The van der Waals surface area contributed by atoms with Crippen LogP contribution in [0.3, 0.4) is 0 Å². The predicted octanol–water partition coefficient (Wildman–Crippen LogP) is 4.07. The molecule has 2 aromatic rings. The second kappa shape index (κ2) is 6.92. The summed E-state index contributed by atoms with van der Waals surface area (Å²) in [7, 11) is 0. The Kier molecular flexibility index (Phi) is 5.23. The fourth-order valence-corrected chi connectivity index (χ4v) is 2.66. The van der Waals surface area contributed by atoms with E-state index in [9.17, 15) is 0 Å². The van der Waals surface area contributed by atoms with Crippen LogP contribution in [-0.4, -0.2) is 12.6 Å². The zero-order valence-corrected chi connectivity index (χ0v) is 12.6. The average molecular weight is 326 g/mol. The summed E-state index contributed by atoms with van der Waals surface area (Å²) in [6.45, 7) is 3.81. The molecule has 4 heteroatoms. The molecule has 0 aliphatic rings. The molecule has 18 heavy (non-hydrogen) atoms. The van der Waals surface area contributed by atoms with Crippen LogP contribution in [-0.2, 0) is 6.54 Å². The molecular weight excluding hydrogens is 310 g/mol. The molecule has 0 saturated carbocycles. The van der Waals surface area contributed by atoms with Crippen molar-refractivity contribution in [3.8, 4) is 5.75 Å². The van der Waals surface area contributed by atoms with Gasteiger partial charge in [0, 0.05) is 18.0 Å². The zero-order valence-electron chi connectivity index (χ0n) is 10.2. The third kappa shape index (κ3) is 4.12. The maximum atomic E-state index is 5.86. The van der Waals surface area contributed by atoms with E-state index in [1.165, 1.54) is 4.88 Å². The first kappa shape index (κ1) is 13.6. The third-order valence-corrected chi connectivity index (χ3v) is 4.01. The number of nitrogens with one attached hydrogen (secondary N) is 1. The van der Waals surface area contributed by atoms with Gasteiger partial charge in [0.25, 0.3) is 0 Å². The topological polar surface area (TPSA) is 21.3 Å². The SMILES string of the molecule is CC(CNCc1cccs1)Oc1ccccc1Br. The summed E-state index contributed by atoms with van der Waals surface area (Å²) >= 11 is 5.25.